The lowest BCUT2D eigenvalue weighted by Crippen LogP contribution is -2.19. The monoisotopic (exact) mass is 443 g/mol. The molecule has 3 aromatic heterocycles. The van der Waals surface area contributed by atoms with Gasteiger partial charge in [0.25, 0.3) is 5.56 Å². The Hall–Kier alpha value is -4.20. The van der Waals surface area contributed by atoms with Crippen LogP contribution in [-0.2, 0) is 0 Å². The van der Waals surface area contributed by atoms with Crippen LogP contribution in [0.2, 0.25) is 0 Å². The van der Waals surface area contributed by atoms with E-state index in [4.69, 9.17) is 9.15 Å². The van der Waals surface area contributed by atoms with Crippen molar-refractivity contribution in [2.24, 2.45) is 0 Å². The molecule has 6 rings (SSSR count). The standard InChI is InChI=1S/C25H21N3O5/c1-11(2)28-24-19(25(31)27-28)18(15-10-13-6-4-5-7-17(13)32-12(15)3)23-20(26-24)14-8-9-16(29)21(30)22(14)33-23/h4-12,26,30H,1-3H3,(H,27,31)/t12-/m1/s1. The Morgan fingerprint density at radius 2 is 1.88 bits per heavy atom. The number of pyridine rings is 1. The number of hydrogen-bond acceptors (Lipinski definition) is 5. The SMILES string of the molecule is CC(C)n1[nH]c(=O)c2c(C3=Cc4ccccc4O[C@@H]3C)c3oc4c(O)c(=O)ccc4c3[nH]c21. The number of furan rings is 1. The van der Waals surface area contributed by atoms with Crippen LogP contribution < -0.4 is 15.7 Å². The quantitative estimate of drug-likeness (QED) is 0.371. The number of fused-ring (bicyclic) bond motifs is 5. The van der Waals surface area contributed by atoms with E-state index in [2.05, 4.69) is 10.1 Å². The lowest BCUT2D eigenvalue weighted by molar-refractivity contribution is 0.275. The fourth-order valence-electron chi connectivity index (χ4n) is 4.65. The van der Waals surface area contributed by atoms with E-state index in [1.807, 2.05) is 51.1 Å². The Balaban J connectivity index is 1.83. The first-order chi connectivity index (χ1) is 15.8. The minimum Gasteiger partial charge on any atom is -0.502 e. The Morgan fingerprint density at radius 1 is 1.09 bits per heavy atom. The summed E-state index contributed by atoms with van der Waals surface area (Å²) in [6.07, 6.45) is 1.63. The van der Waals surface area contributed by atoms with Gasteiger partial charge in [-0.3, -0.25) is 19.4 Å². The molecule has 8 nitrogen and oxygen atoms in total. The van der Waals surface area contributed by atoms with Crippen LogP contribution in [0.5, 0.6) is 11.5 Å². The van der Waals surface area contributed by atoms with E-state index in [1.54, 1.807) is 10.7 Å². The smallest absolute Gasteiger partial charge is 0.274 e. The number of nitrogens with one attached hydrogen (secondary N) is 2. The first-order valence-electron chi connectivity index (χ1n) is 10.8. The van der Waals surface area contributed by atoms with Gasteiger partial charge >= 0.3 is 0 Å². The van der Waals surface area contributed by atoms with E-state index in [0.717, 1.165) is 16.9 Å². The third-order valence-electron chi connectivity index (χ3n) is 6.22. The number of phenolic OH excluding ortho intramolecular Hbond substituents is 1. The van der Waals surface area contributed by atoms with Gasteiger partial charge in [0.1, 0.15) is 17.5 Å². The highest BCUT2D eigenvalue weighted by Crippen LogP contribution is 2.42. The van der Waals surface area contributed by atoms with Crippen molar-refractivity contribution in [3.05, 3.63) is 68.1 Å². The summed E-state index contributed by atoms with van der Waals surface area (Å²) in [4.78, 5) is 28.6. The van der Waals surface area contributed by atoms with Gasteiger partial charge in [0.05, 0.1) is 10.9 Å². The molecule has 1 atom stereocenters. The minimum absolute atomic E-state index is 0.0219. The number of H-pyrrole nitrogens is 2. The van der Waals surface area contributed by atoms with E-state index in [-0.39, 0.29) is 23.3 Å². The van der Waals surface area contributed by atoms with Gasteiger partial charge in [0, 0.05) is 28.1 Å². The summed E-state index contributed by atoms with van der Waals surface area (Å²) in [5.41, 5.74) is 3.08. The average Bonchev–Trinajstić information content (AvgIpc) is 3.33. The molecule has 2 aromatic carbocycles. The third-order valence-corrected chi connectivity index (χ3v) is 6.22. The van der Waals surface area contributed by atoms with Crippen LogP contribution in [0.15, 0.2) is 50.4 Å². The van der Waals surface area contributed by atoms with Crippen molar-refractivity contribution in [2.75, 3.05) is 0 Å². The van der Waals surface area contributed by atoms with Crippen LogP contribution in [-0.4, -0.2) is 26.0 Å². The minimum atomic E-state index is -0.528. The molecule has 33 heavy (non-hydrogen) atoms. The van der Waals surface area contributed by atoms with Gasteiger partial charge in [-0.05, 0) is 45.0 Å². The number of aromatic nitrogens is 3. The highest BCUT2D eigenvalue weighted by atomic mass is 16.5. The first-order valence-corrected chi connectivity index (χ1v) is 10.8. The van der Waals surface area contributed by atoms with Crippen molar-refractivity contribution < 1.29 is 14.3 Å². The molecule has 0 amide bonds. The zero-order valence-electron chi connectivity index (χ0n) is 18.2. The molecule has 0 bridgehead atoms. The summed E-state index contributed by atoms with van der Waals surface area (Å²) in [7, 11) is 0. The van der Waals surface area contributed by atoms with Crippen LogP contribution in [0.3, 0.4) is 0 Å². The molecule has 3 N–H and O–H groups in total. The van der Waals surface area contributed by atoms with Crippen LogP contribution in [0.1, 0.15) is 37.9 Å². The molecule has 0 spiro atoms. The van der Waals surface area contributed by atoms with Crippen molar-refractivity contribution in [3.63, 3.8) is 0 Å². The second kappa shape index (κ2) is 6.65. The second-order valence-electron chi connectivity index (χ2n) is 8.62. The number of nitrogens with zero attached hydrogens (tertiary/aromatic N) is 1. The lowest BCUT2D eigenvalue weighted by atomic mass is 9.93. The number of rotatable bonds is 2. The summed E-state index contributed by atoms with van der Waals surface area (Å²) < 4.78 is 14.0. The number of hydrogen-bond donors (Lipinski definition) is 3. The predicted octanol–water partition coefficient (Wildman–Crippen LogP) is 4.53. The van der Waals surface area contributed by atoms with Crippen LogP contribution in [0.25, 0.3) is 44.8 Å². The van der Waals surface area contributed by atoms with Gasteiger partial charge < -0.3 is 19.2 Å². The molecule has 8 heteroatoms. The average molecular weight is 443 g/mol. The Bertz CT molecular complexity index is 1750. The summed E-state index contributed by atoms with van der Waals surface area (Å²) in [6.45, 7) is 5.86. The van der Waals surface area contributed by atoms with Gasteiger partial charge in [-0.25, -0.2) is 0 Å². The largest absolute Gasteiger partial charge is 0.502 e. The first kappa shape index (κ1) is 19.5. The van der Waals surface area contributed by atoms with Crippen LogP contribution in [0, 0.1) is 0 Å². The zero-order chi connectivity index (χ0) is 23.0. The number of para-hydroxylation sites is 1. The topological polar surface area (TPSA) is 113 Å². The number of benzene rings is 2. The molecule has 166 valence electrons. The molecule has 4 heterocycles. The second-order valence-corrected chi connectivity index (χ2v) is 8.62. The molecule has 0 saturated carbocycles. The van der Waals surface area contributed by atoms with Crippen molar-refractivity contribution in [1.29, 1.82) is 0 Å². The molecule has 1 aliphatic rings. The molecule has 0 fully saturated rings. The number of phenols is 1. The maximum atomic E-state index is 13.2. The number of aromatic amines is 2. The summed E-state index contributed by atoms with van der Waals surface area (Å²) in [5.74, 6) is 0.302. The van der Waals surface area contributed by atoms with Gasteiger partial charge in [-0.15, -0.1) is 0 Å². The van der Waals surface area contributed by atoms with E-state index in [9.17, 15) is 14.7 Å². The van der Waals surface area contributed by atoms with Crippen molar-refractivity contribution in [3.8, 4) is 11.5 Å². The normalized spacial score (nSPS) is 15.9. The molecule has 0 saturated heterocycles. The Labute approximate surface area is 186 Å². The van der Waals surface area contributed by atoms with Crippen molar-refractivity contribution >= 4 is 44.8 Å². The Morgan fingerprint density at radius 3 is 2.67 bits per heavy atom. The molecule has 0 radical (unpaired) electrons. The van der Waals surface area contributed by atoms with Crippen LogP contribution in [0.4, 0.5) is 0 Å². The van der Waals surface area contributed by atoms with E-state index in [0.29, 0.717) is 33.1 Å². The van der Waals surface area contributed by atoms with E-state index in [1.165, 1.54) is 6.07 Å². The van der Waals surface area contributed by atoms with Crippen molar-refractivity contribution in [1.82, 2.24) is 14.8 Å². The molecule has 0 aliphatic carbocycles. The van der Waals surface area contributed by atoms with Gasteiger partial charge in [0.2, 0.25) is 11.2 Å². The summed E-state index contributed by atoms with van der Waals surface area (Å²) in [5, 5.41) is 14.3. The highest BCUT2D eigenvalue weighted by Gasteiger charge is 2.29. The van der Waals surface area contributed by atoms with Gasteiger partial charge in [-0.2, -0.15) is 0 Å². The Kier molecular flexibility index (Phi) is 3.93. The summed E-state index contributed by atoms with van der Waals surface area (Å²) >= 11 is 0. The molecular weight excluding hydrogens is 422 g/mol. The predicted molar refractivity (Wildman–Crippen MR) is 127 cm³/mol. The molecule has 5 aromatic rings. The summed E-state index contributed by atoms with van der Waals surface area (Å²) in [6, 6.07) is 10.6. The molecule has 0 unspecified atom stereocenters. The molecular formula is C25H21N3O5. The maximum absolute atomic E-state index is 13.2. The van der Waals surface area contributed by atoms with Crippen LogP contribution >= 0.6 is 0 Å². The van der Waals surface area contributed by atoms with E-state index >= 15 is 0 Å². The van der Waals surface area contributed by atoms with Gasteiger partial charge in [-0.1, -0.05) is 18.2 Å². The lowest BCUT2D eigenvalue weighted by Gasteiger charge is -2.25. The number of aromatic hydroxyl groups is 1. The fourth-order valence-corrected chi connectivity index (χ4v) is 4.65. The molecule has 1 aliphatic heterocycles. The fraction of sp³-hybridized carbons (Fsp3) is 0.200. The highest BCUT2D eigenvalue weighted by molar-refractivity contribution is 6.14. The maximum Gasteiger partial charge on any atom is 0.274 e. The number of ether oxygens (including phenoxy) is 1. The van der Waals surface area contributed by atoms with Crippen molar-refractivity contribution in [2.45, 2.75) is 32.9 Å². The van der Waals surface area contributed by atoms with Gasteiger partial charge in [0.15, 0.2) is 11.2 Å². The zero-order valence-corrected chi connectivity index (χ0v) is 18.2. The third kappa shape index (κ3) is 2.64. The van der Waals surface area contributed by atoms with E-state index < -0.39 is 11.2 Å².